The Kier molecular flexibility index (Phi) is 4.03. The molecule has 7 nitrogen and oxygen atoms in total. The second-order valence-corrected chi connectivity index (χ2v) is 7.09. The number of hydrogen-bond acceptors (Lipinski definition) is 5. The number of carboxylic acids is 1. The van der Waals surface area contributed by atoms with Crippen molar-refractivity contribution in [2.24, 2.45) is 0 Å². The van der Waals surface area contributed by atoms with Crippen LogP contribution in [0.15, 0.2) is 66.9 Å². The minimum absolute atomic E-state index is 0.105. The topological polar surface area (TPSA) is 102 Å². The smallest absolute Gasteiger partial charge is 0.435 e. The van der Waals surface area contributed by atoms with Crippen molar-refractivity contribution in [2.75, 3.05) is 6.61 Å². The number of carboxylic acid groups (broad SMARTS) is 1. The molecule has 2 N–H and O–H groups in total. The quantitative estimate of drug-likeness (QED) is 0.533. The zero-order valence-corrected chi connectivity index (χ0v) is 15.6. The lowest BCUT2D eigenvalue weighted by atomic mass is 9.98. The average molecular weight is 400 g/mol. The van der Waals surface area contributed by atoms with Crippen LogP contribution in [0, 0.1) is 0 Å². The van der Waals surface area contributed by atoms with E-state index in [1.165, 1.54) is 12.3 Å². The number of ether oxygens (including phenoxy) is 1. The van der Waals surface area contributed by atoms with Crippen molar-refractivity contribution in [1.29, 1.82) is 0 Å². The van der Waals surface area contributed by atoms with Crippen molar-refractivity contribution in [3.63, 3.8) is 0 Å². The van der Waals surface area contributed by atoms with Gasteiger partial charge in [0.05, 0.1) is 22.7 Å². The summed E-state index contributed by atoms with van der Waals surface area (Å²) in [6.07, 6.45) is 0.561. The second-order valence-electron chi connectivity index (χ2n) is 7.09. The number of fused-ring (bicyclic) bond motifs is 4. The SMILES string of the molecule is O=C(O)c1cc(O)c2cnn(C(=O)OCC3c4ccccc4-c4ccccc43)c2c1. The zero-order chi connectivity index (χ0) is 20.8. The highest BCUT2D eigenvalue weighted by Crippen LogP contribution is 2.44. The van der Waals surface area contributed by atoms with Crippen molar-refractivity contribution in [3.05, 3.63) is 83.6 Å². The highest BCUT2D eigenvalue weighted by molar-refractivity contribution is 5.98. The Morgan fingerprint density at radius 3 is 2.27 bits per heavy atom. The summed E-state index contributed by atoms with van der Waals surface area (Å²) >= 11 is 0. The molecular weight excluding hydrogens is 384 g/mol. The maximum atomic E-state index is 12.7. The largest absolute Gasteiger partial charge is 0.507 e. The first-order chi connectivity index (χ1) is 14.5. The van der Waals surface area contributed by atoms with E-state index in [-0.39, 0.29) is 34.7 Å². The minimum Gasteiger partial charge on any atom is -0.507 e. The van der Waals surface area contributed by atoms with Gasteiger partial charge in [-0.05, 0) is 34.4 Å². The third-order valence-electron chi connectivity index (χ3n) is 5.42. The van der Waals surface area contributed by atoms with E-state index in [1.807, 2.05) is 48.5 Å². The third kappa shape index (κ3) is 2.71. The number of aromatic hydroxyl groups is 1. The molecule has 0 saturated heterocycles. The molecule has 148 valence electrons. The molecule has 1 heterocycles. The molecule has 0 radical (unpaired) electrons. The van der Waals surface area contributed by atoms with Crippen LogP contribution in [0.1, 0.15) is 27.4 Å². The van der Waals surface area contributed by atoms with Crippen LogP contribution in [0.3, 0.4) is 0 Å². The van der Waals surface area contributed by atoms with Gasteiger partial charge in [-0.3, -0.25) is 0 Å². The summed E-state index contributed by atoms with van der Waals surface area (Å²) in [7, 11) is 0. The van der Waals surface area contributed by atoms with Gasteiger partial charge in [0.15, 0.2) is 0 Å². The molecule has 0 spiro atoms. The first-order valence-corrected chi connectivity index (χ1v) is 9.34. The predicted octanol–water partition coefficient (Wildman–Crippen LogP) is 4.24. The van der Waals surface area contributed by atoms with Crippen LogP contribution < -0.4 is 0 Å². The molecule has 1 aliphatic rings. The van der Waals surface area contributed by atoms with Crippen molar-refractivity contribution in [3.8, 4) is 16.9 Å². The molecule has 0 atom stereocenters. The normalized spacial score (nSPS) is 12.5. The maximum absolute atomic E-state index is 12.7. The molecule has 7 heteroatoms. The summed E-state index contributed by atoms with van der Waals surface area (Å²) in [5, 5.41) is 23.5. The van der Waals surface area contributed by atoms with Crippen LogP contribution in [-0.4, -0.2) is 38.7 Å². The summed E-state index contributed by atoms with van der Waals surface area (Å²) in [6, 6.07) is 18.4. The lowest BCUT2D eigenvalue weighted by Crippen LogP contribution is -2.19. The molecule has 0 unspecified atom stereocenters. The van der Waals surface area contributed by atoms with E-state index < -0.39 is 12.1 Å². The van der Waals surface area contributed by atoms with Gasteiger partial charge in [-0.25, -0.2) is 9.59 Å². The molecule has 0 saturated carbocycles. The molecule has 1 aliphatic carbocycles. The number of phenolic OH excluding ortho intramolecular Hbond substituents is 1. The number of hydrogen-bond donors (Lipinski definition) is 2. The monoisotopic (exact) mass is 400 g/mol. The highest BCUT2D eigenvalue weighted by Gasteiger charge is 2.29. The van der Waals surface area contributed by atoms with Gasteiger partial charge in [0, 0.05) is 5.92 Å². The Labute approximate surface area is 170 Å². The molecule has 0 aliphatic heterocycles. The number of phenols is 1. The van der Waals surface area contributed by atoms with E-state index in [0.29, 0.717) is 0 Å². The van der Waals surface area contributed by atoms with E-state index >= 15 is 0 Å². The fourth-order valence-corrected chi connectivity index (χ4v) is 4.03. The second kappa shape index (κ2) is 6.73. The number of carbonyl (C=O) groups is 2. The van der Waals surface area contributed by atoms with Gasteiger partial charge in [-0.15, -0.1) is 0 Å². The van der Waals surface area contributed by atoms with Gasteiger partial charge in [-0.2, -0.15) is 9.78 Å². The Bertz CT molecular complexity index is 1280. The molecule has 1 aromatic heterocycles. The molecule has 0 bridgehead atoms. The fraction of sp³-hybridized carbons (Fsp3) is 0.0870. The van der Waals surface area contributed by atoms with Crippen LogP contribution in [0.5, 0.6) is 5.75 Å². The fourth-order valence-electron chi connectivity index (χ4n) is 4.03. The van der Waals surface area contributed by atoms with Crippen molar-refractivity contribution in [2.45, 2.75) is 5.92 Å². The third-order valence-corrected chi connectivity index (χ3v) is 5.42. The van der Waals surface area contributed by atoms with Gasteiger partial charge in [0.2, 0.25) is 0 Å². The van der Waals surface area contributed by atoms with Crippen LogP contribution in [0.2, 0.25) is 0 Å². The van der Waals surface area contributed by atoms with E-state index in [0.717, 1.165) is 33.0 Å². The molecule has 0 amide bonds. The van der Waals surface area contributed by atoms with Crippen LogP contribution in [0.25, 0.3) is 22.0 Å². The summed E-state index contributed by atoms with van der Waals surface area (Å²) in [4.78, 5) is 24.0. The first-order valence-electron chi connectivity index (χ1n) is 9.34. The zero-order valence-electron chi connectivity index (χ0n) is 15.6. The van der Waals surface area contributed by atoms with Gasteiger partial charge in [-0.1, -0.05) is 48.5 Å². The average Bonchev–Trinajstić information content (AvgIpc) is 3.32. The van der Waals surface area contributed by atoms with E-state index in [2.05, 4.69) is 5.10 Å². The lowest BCUT2D eigenvalue weighted by molar-refractivity contribution is 0.0696. The van der Waals surface area contributed by atoms with Gasteiger partial charge < -0.3 is 14.9 Å². The number of rotatable bonds is 3. The predicted molar refractivity (Wildman–Crippen MR) is 109 cm³/mol. The van der Waals surface area contributed by atoms with Crippen molar-refractivity contribution >= 4 is 23.0 Å². The molecule has 5 rings (SSSR count). The number of aromatic carboxylic acids is 1. The molecule has 0 fully saturated rings. The van der Waals surface area contributed by atoms with Crippen LogP contribution in [-0.2, 0) is 4.74 Å². The minimum atomic E-state index is -1.22. The van der Waals surface area contributed by atoms with Crippen molar-refractivity contribution < 1.29 is 24.5 Å². The van der Waals surface area contributed by atoms with E-state index in [9.17, 15) is 19.8 Å². The Balaban J connectivity index is 1.45. The van der Waals surface area contributed by atoms with Gasteiger partial charge in [0.1, 0.15) is 12.4 Å². The van der Waals surface area contributed by atoms with Crippen molar-refractivity contribution in [1.82, 2.24) is 9.78 Å². The lowest BCUT2D eigenvalue weighted by Gasteiger charge is -2.14. The van der Waals surface area contributed by atoms with E-state index in [1.54, 1.807) is 0 Å². The first kappa shape index (κ1) is 17.9. The van der Waals surface area contributed by atoms with E-state index in [4.69, 9.17) is 4.74 Å². The number of aromatic nitrogens is 2. The van der Waals surface area contributed by atoms with Crippen LogP contribution in [0.4, 0.5) is 4.79 Å². The van der Waals surface area contributed by atoms with Gasteiger partial charge >= 0.3 is 12.1 Å². The summed E-state index contributed by atoms with van der Waals surface area (Å²) in [5.74, 6) is -1.58. The molecule has 4 aromatic rings. The Morgan fingerprint density at radius 1 is 1.00 bits per heavy atom. The Hall–Kier alpha value is -4.13. The molecular formula is C23H16N2O5. The summed E-state index contributed by atoms with van der Waals surface area (Å²) < 4.78 is 6.53. The number of carbonyl (C=O) groups excluding carboxylic acids is 1. The molecule has 30 heavy (non-hydrogen) atoms. The summed E-state index contributed by atoms with van der Waals surface area (Å²) in [5.41, 5.74) is 4.44. The maximum Gasteiger partial charge on any atom is 0.435 e. The van der Waals surface area contributed by atoms with Crippen LogP contribution >= 0.6 is 0 Å². The number of benzene rings is 3. The summed E-state index contributed by atoms with van der Waals surface area (Å²) in [6.45, 7) is 0.110. The highest BCUT2D eigenvalue weighted by atomic mass is 16.6. The molecule has 3 aromatic carbocycles. The standard InChI is InChI=1S/C23H16N2O5/c26-21-10-13(22(27)28)9-20-18(21)11-24-25(20)23(29)30-12-19-16-7-3-1-5-14(16)15-6-2-4-8-17(15)19/h1-11,19,26H,12H2,(H,27,28). The Morgan fingerprint density at radius 2 is 1.63 bits per heavy atom. The van der Waals surface area contributed by atoms with Gasteiger partial charge in [0.25, 0.3) is 0 Å². The number of nitrogens with zero attached hydrogens (tertiary/aromatic N) is 2.